The first-order chi connectivity index (χ1) is 15.0. The lowest BCUT2D eigenvalue weighted by Gasteiger charge is -2.11. The summed E-state index contributed by atoms with van der Waals surface area (Å²) < 4.78 is 29.3. The molecule has 4 aromatic rings. The smallest absolute Gasteiger partial charge is 0.183 e. The summed E-state index contributed by atoms with van der Waals surface area (Å²) in [6.45, 7) is 0.255. The molecule has 1 heterocycles. The molecule has 0 N–H and O–H groups in total. The van der Waals surface area contributed by atoms with Gasteiger partial charge in [-0.3, -0.25) is 4.90 Å². The highest BCUT2D eigenvalue weighted by Gasteiger charge is 2.14. The van der Waals surface area contributed by atoms with Crippen LogP contribution in [0.5, 0.6) is 0 Å². The van der Waals surface area contributed by atoms with E-state index in [-0.39, 0.29) is 6.54 Å². The zero-order chi connectivity index (χ0) is 22.0. The molecule has 0 spiro atoms. The quantitative estimate of drug-likeness (QED) is 0.292. The number of fused-ring (bicyclic) bond motifs is 1. The number of nitriles is 2. The highest BCUT2D eigenvalue weighted by molar-refractivity contribution is 7.99. The molecule has 0 atom stereocenters. The molecule has 1 aromatic heterocycles. The maximum atomic E-state index is 13.7. The third-order valence-corrected chi connectivity index (χ3v) is 5.99. The Kier molecular flexibility index (Phi) is 5.62. The highest BCUT2D eigenvalue weighted by atomic mass is 32.2. The Bertz CT molecular complexity index is 1340. The summed E-state index contributed by atoms with van der Waals surface area (Å²) in [5, 5.41) is 19.6. The second-order valence-corrected chi connectivity index (χ2v) is 8.05. The van der Waals surface area contributed by atoms with Crippen molar-refractivity contribution in [2.45, 2.75) is 16.3 Å². The lowest BCUT2D eigenvalue weighted by molar-refractivity contribution is 0.578. The molecule has 0 fully saturated rings. The van der Waals surface area contributed by atoms with Crippen LogP contribution in [0, 0.1) is 34.4 Å². The van der Waals surface area contributed by atoms with E-state index in [1.54, 1.807) is 13.1 Å². The first-order valence-electron chi connectivity index (χ1n) is 9.37. The summed E-state index contributed by atoms with van der Waals surface area (Å²) >= 11 is 1.46. The summed E-state index contributed by atoms with van der Waals surface area (Å²) in [4.78, 5) is 3.16. The average Bonchev–Trinajstić information content (AvgIpc) is 3.09. The summed E-state index contributed by atoms with van der Waals surface area (Å²) in [6.07, 6.45) is 3.98. The Labute approximate surface area is 182 Å². The fourth-order valence-corrected chi connectivity index (χ4v) is 4.46. The molecule has 152 valence electrons. The van der Waals surface area contributed by atoms with Crippen LogP contribution in [0.4, 0.5) is 14.5 Å². The Morgan fingerprint density at radius 3 is 2.42 bits per heavy atom. The van der Waals surface area contributed by atoms with Crippen molar-refractivity contribution in [1.82, 2.24) is 4.57 Å². The van der Waals surface area contributed by atoms with Crippen molar-refractivity contribution >= 4 is 28.4 Å². The molecule has 3 aromatic carbocycles. The summed E-state index contributed by atoms with van der Waals surface area (Å²) in [5.74, 6) is -1.26. The van der Waals surface area contributed by atoms with Crippen LogP contribution in [0.25, 0.3) is 10.9 Å². The summed E-state index contributed by atoms with van der Waals surface area (Å²) in [5.41, 5.74) is 2.58. The minimum Gasteiger partial charge on any atom is -0.342 e. The predicted molar refractivity (Wildman–Crippen MR) is 117 cm³/mol. The van der Waals surface area contributed by atoms with Crippen LogP contribution in [0.15, 0.2) is 76.7 Å². The van der Waals surface area contributed by atoms with Crippen molar-refractivity contribution in [3.05, 3.63) is 89.6 Å². The number of rotatable bonds is 5. The molecular formula is C24H16F2N4S. The van der Waals surface area contributed by atoms with Crippen LogP contribution in [0.2, 0.25) is 0 Å². The first-order valence-corrected chi connectivity index (χ1v) is 10.2. The molecule has 0 bridgehead atoms. The van der Waals surface area contributed by atoms with Crippen LogP contribution < -0.4 is 4.90 Å². The van der Waals surface area contributed by atoms with Gasteiger partial charge in [0, 0.05) is 41.0 Å². The first kappa shape index (κ1) is 20.5. The van der Waals surface area contributed by atoms with Gasteiger partial charge in [0.15, 0.2) is 6.19 Å². The molecule has 0 aliphatic heterocycles. The molecule has 0 saturated heterocycles. The van der Waals surface area contributed by atoms with Crippen LogP contribution in [0.1, 0.15) is 11.1 Å². The van der Waals surface area contributed by atoms with Gasteiger partial charge in [-0.1, -0.05) is 23.9 Å². The number of hydrogen-bond acceptors (Lipinski definition) is 4. The fourth-order valence-electron chi connectivity index (χ4n) is 3.39. The zero-order valence-electron chi connectivity index (χ0n) is 16.5. The number of hydrogen-bond donors (Lipinski definition) is 0. The van der Waals surface area contributed by atoms with Gasteiger partial charge in [-0.25, -0.2) is 8.78 Å². The van der Waals surface area contributed by atoms with E-state index in [0.29, 0.717) is 16.8 Å². The number of anilines is 1. The minimum atomic E-state index is -0.631. The van der Waals surface area contributed by atoms with Gasteiger partial charge in [-0.15, -0.1) is 0 Å². The van der Waals surface area contributed by atoms with Gasteiger partial charge >= 0.3 is 0 Å². The lowest BCUT2D eigenvalue weighted by atomic mass is 10.2. The minimum absolute atomic E-state index is 0.255. The Morgan fingerprint density at radius 2 is 1.71 bits per heavy atom. The number of benzene rings is 3. The standard InChI is InChI=1S/C24H16F2N4S/c1-29(15-28)20-6-7-21-22(11-20)30(13-16-8-18(25)10-19(26)9-16)14-24(21)31-23-5-3-2-4-17(23)12-27/h2-11,14H,13H2,1H3. The van der Waals surface area contributed by atoms with Gasteiger partial charge in [0.05, 0.1) is 16.8 Å². The second-order valence-electron chi connectivity index (χ2n) is 6.97. The second kappa shape index (κ2) is 8.51. The van der Waals surface area contributed by atoms with E-state index < -0.39 is 11.6 Å². The van der Waals surface area contributed by atoms with Crippen LogP contribution in [0.3, 0.4) is 0 Å². The number of aromatic nitrogens is 1. The molecule has 0 saturated carbocycles. The number of halogens is 2. The fraction of sp³-hybridized carbons (Fsp3) is 0.0833. The van der Waals surface area contributed by atoms with Crippen LogP contribution in [-0.2, 0) is 6.54 Å². The van der Waals surface area contributed by atoms with Crippen molar-refractivity contribution < 1.29 is 8.78 Å². The molecule has 0 radical (unpaired) electrons. The molecule has 0 aliphatic carbocycles. The van der Waals surface area contributed by atoms with Crippen molar-refractivity contribution in [3.63, 3.8) is 0 Å². The molecule has 0 aliphatic rings. The Hall–Kier alpha value is -3.81. The van der Waals surface area contributed by atoms with Crippen LogP contribution in [-0.4, -0.2) is 11.6 Å². The monoisotopic (exact) mass is 430 g/mol. The third-order valence-electron chi connectivity index (χ3n) is 4.87. The molecule has 7 heteroatoms. The average molecular weight is 430 g/mol. The Morgan fingerprint density at radius 1 is 0.968 bits per heavy atom. The molecule has 0 unspecified atom stereocenters. The van der Waals surface area contributed by atoms with E-state index in [2.05, 4.69) is 12.3 Å². The Balaban J connectivity index is 1.83. The molecule has 0 amide bonds. The van der Waals surface area contributed by atoms with Crippen molar-refractivity contribution in [3.8, 4) is 12.3 Å². The van der Waals surface area contributed by atoms with Gasteiger partial charge in [0.2, 0.25) is 0 Å². The molecule has 31 heavy (non-hydrogen) atoms. The van der Waals surface area contributed by atoms with Crippen molar-refractivity contribution in [2.24, 2.45) is 0 Å². The van der Waals surface area contributed by atoms with E-state index >= 15 is 0 Å². The molecule has 4 nitrogen and oxygen atoms in total. The van der Waals surface area contributed by atoms with E-state index in [4.69, 9.17) is 0 Å². The molecule has 4 rings (SSSR count). The van der Waals surface area contributed by atoms with Gasteiger partial charge in [-0.2, -0.15) is 10.5 Å². The van der Waals surface area contributed by atoms with Crippen LogP contribution >= 0.6 is 11.8 Å². The zero-order valence-corrected chi connectivity index (χ0v) is 17.3. The number of nitrogens with zero attached hydrogens (tertiary/aromatic N) is 4. The maximum absolute atomic E-state index is 13.7. The van der Waals surface area contributed by atoms with Gasteiger partial charge < -0.3 is 4.57 Å². The molecular weight excluding hydrogens is 414 g/mol. The van der Waals surface area contributed by atoms with Gasteiger partial charge in [0.25, 0.3) is 0 Å². The van der Waals surface area contributed by atoms with Crippen molar-refractivity contribution in [2.75, 3.05) is 11.9 Å². The highest BCUT2D eigenvalue weighted by Crippen LogP contribution is 2.38. The SMILES string of the molecule is CN(C#N)c1ccc2c(Sc3ccccc3C#N)cn(Cc3cc(F)cc(F)c3)c2c1. The maximum Gasteiger partial charge on any atom is 0.183 e. The lowest BCUT2D eigenvalue weighted by Crippen LogP contribution is -2.08. The third kappa shape index (κ3) is 4.23. The topological polar surface area (TPSA) is 55.8 Å². The predicted octanol–water partition coefficient (Wildman–Crippen LogP) is 5.91. The van der Waals surface area contributed by atoms with E-state index in [1.807, 2.05) is 47.2 Å². The summed E-state index contributed by atoms with van der Waals surface area (Å²) in [7, 11) is 1.66. The van der Waals surface area contributed by atoms with E-state index in [1.165, 1.54) is 28.8 Å². The van der Waals surface area contributed by atoms with E-state index in [9.17, 15) is 19.3 Å². The normalized spacial score (nSPS) is 10.6. The summed E-state index contributed by atoms with van der Waals surface area (Å²) in [6, 6.07) is 18.6. The largest absolute Gasteiger partial charge is 0.342 e. The van der Waals surface area contributed by atoms with Crippen molar-refractivity contribution in [1.29, 1.82) is 10.5 Å². The van der Waals surface area contributed by atoms with E-state index in [0.717, 1.165) is 26.8 Å². The van der Waals surface area contributed by atoms with Gasteiger partial charge in [0.1, 0.15) is 17.7 Å². The van der Waals surface area contributed by atoms with Gasteiger partial charge in [-0.05, 0) is 48.0 Å².